The summed E-state index contributed by atoms with van der Waals surface area (Å²) in [7, 11) is 3.81. The van der Waals surface area contributed by atoms with Gasteiger partial charge >= 0.3 is 0 Å². The van der Waals surface area contributed by atoms with Crippen molar-refractivity contribution in [3.8, 4) is 11.5 Å². The quantitative estimate of drug-likeness (QED) is 0.654. The molecule has 2 aromatic carbocycles. The molecule has 2 aromatic rings. The van der Waals surface area contributed by atoms with Crippen molar-refractivity contribution in [1.82, 2.24) is 9.80 Å². The summed E-state index contributed by atoms with van der Waals surface area (Å²) >= 11 is 6.84. The van der Waals surface area contributed by atoms with Crippen molar-refractivity contribution in [1.29, 1.82) is 0 Å². The molecule has 7 heteroatoms. The van der Waals surface area contributed by atoms with Gasteiger partial charge in [-0.3, -0.25) is 14.5 Å². The first kappa shape index (κ1) is 19.5. The Bertz CT molecular complexity index is 864. The Hall–Kier alpha value is -2.28. The molecule has 0 N–H and O–H groups in total. The Morgan fingerprint density at radius 1 is 1.04 bits per heavy atom. The summed E-state index contributed by atoms with van der Waals surface area (Å²) in [5.74, 6) is 1.12. The average Bonchev–Trinajstić information content (AvgIpc) is 2.90. The lowest BCUT2D eigenvalue weighted by Gasteiger charge is -2.15. The van der Waals surface area contributed by atoms with Gasteiger partial charge in [0.2, 0.25) is 0 Å². The van der Waals surface area contributed by atoms with Crippen LogP contribution in [0.4, 0.5) is 4.79 Å². The number of hydrogen-bond acceptors (Lipinski definition) is 5. The Kier molecular flexibility index (Phi) is 6.21. The minimum absolute atomic E-state index is 0.226. The molecule has 140 valence electrons. The van der Waals surface area contributed by atoms with Gasteiger partial charge in [-0.1, -0.05) is 23.7 Å². The molecule has 0 bridgehead atoms. The minimum atomic E-state index is -0.242. The van der Waals surface area contributed by atoms with Crippen LogP contribution in [0, 0.1) is 0 Å². The van der Waals surface area contributed by atoms with Crippen molar-refractivity contribution in [2.75, 3.05) is 27.2 Å². The molecule has 0 spiro atoms. The summed E-state index contributed by atoms with van der Waals surface area (Å²) in [6.07, 6.45) is 1.73. The molecular weight excluding hydrogens is 384 g/mol. The van der Waals surface area contributed by atoms with E-state index in [1.807, 2.05) is 43.3 Å². The van der Waals surface area contributed by atoms with E-state index in [0.29, 0.717) is 34.5 Å². The number of halogens is 1. The van der Waals surface area contributed by atoms with Crippen molar-refractivity contribution < 1.29 is 14.3 Å². The number of likely N-dealkylation sites (N-methyl/N-ethyl adjacent to an activating group) is 1. The van der Waals surface area contributed by atoms with E-state index in [1.165, 1.54) is 4.90 Å². The third kappa shape index (κ3) is 5.13. The van der Waals surface area contributed by atoms with Crippen molar-refractivity contribution in [3.63, 3.8) is 0 Å². The van der Waals surface area contributed by atoms with E-state index in [4.69, 9.17) is 16.3 Å². The third-order valence-electron chi connectivity index (χ3n) is 3.87. The number of benzene rings is 2. The van der Waals surface area contributed by atoms with Crippen LogP contribution in [0.2, 0.25) is 5.02 Å². The van der Waals surface area contributed by atoms with Crippen molar-refractivity contribution in [2.24, 2.45) is 0 Å². The molecule has 2 amide bonds. The van der Waals surface area contributed by atoms with E-state index in [2.05, 4.69) is 0 Å². The fourth-order valence-electron chi connectivity index (χ4n) is 2.41. The highest BCUT2D eigenvalue weighted by molar-refractivity contribution is 8.18. The number of carbonyl (C=O) groups is 2. The highest BCUT2D eigenvalue weighted by Gasteiger charge is 2.34. The predicted octanol–water partition coefficient (Wildman–Crippen LogP) is 4.73. The summed E-state index contributed by atoms with van der Waals surface area (Å²) in [4.78, 5) is 28.1. The second-order valence-electron chi connectivity index (χ2n) is 6.26. The van der Waals surface area contributed by atoms with Gasteiger partial charge in [0.15, 0.2) is 0 Å². The van der Waals surface area contributed by atoms with Gasteiger partial charge in [-0.05, 0) is 73.9 Å². The monoisotopic (exact) mass is 402 g/mol. The first-order valence-corrected chi connectivity index (χ1v) is 9.55. The van der Waals surface area contributed by atoms with Crippen LogP contribution in [0.15, 0.2) is 53.4 Å². The molecule has 5 nitrogen and oxygen atoms in total. The number of thioether (sulfide) groups is 1. The lowest BCUT2D eigenvalue weighted by molar-refractivity contribution is -0.122. The molecule has 0 aromatic heterocycles. The average molecular weight is 403 g/mol. The largest absolute Gasteiger partial charge is 0.457 e. The SMILES string of the molecule is CN(C)CCN1C(=O)S/C(=C\c2ccc(Oc3ccc(Cl)cc3)cc2)C1=O. The molecule has 1 aliphatic heterocycles. The highest BCUT2D eigenvalue weighted by atomic mass is 35.5. The Morgan fingerprint density at radius 2 is 1.63 bits per heavy atom. The van der Waals surface area contributed by atoms with Crippen LogP contribution in [0.5, 0.6) is 11.5 Å². The number of carbonyl (C=O) groups excluding carboxylic acids is 2. The van der Waals surface area contributed by atoms with Crippen LogP contribution in [-0.2, 0) is 4.79 Å². The number of rotatable bonds is 6. The van der Waals surface area contributed by atoms with Crippen LogP contribution in [0.3, 0.4) is 0 Å². The zero-order valence-corrected chi connectivity index (χ0v) is 16.6. The van der Waals surface area contributed by atoms with Gasteiger partial charge in [-0.25, -0.2) is 0 Å². The van der Waals surface area contributed by atoms with E-state index in [1.54, 1.807) is 30.3 Å². The van der Waals surface area contributed by atoms with E-state index in [9.17, 15) is 9.59 Å². The Balaban J connectivity index is 1.67. The smallest absolute Gasteiger partial charge is 0.293 e. The molecule has 1 aliphatic rings. The number of amides is 2. The molecule has 1 heterocycles. The molecule has 1 fully saturated rings. The lowest BCUT2D eigenvalue weighted by atomic mass is 10.2. The zero-order chi connectivity index (χ0) is 19.4. The summed E-state index contributed by atoms with van der Waals surface area (Å²) in [6.45, 7) is 1.03. The van der Waals surface area contributed by atoms with Gasteiger partial charge < -0.3 is 9.64 Å². The maximum absolute atomic E-state index is 12.4. The maximum Gasteiger partial charge on any atom is 0.293 e. The van der Waals surface area contributed by atoms with Gasteiger partial charge in [0.25, 0.3) is 11.1 Å². The summed E-state index contributed by atoms with van der Waals surface area (Å²) in [5, 5.41) is 0.424. The number of ether oxygens (including phenoxy) is 1. The van der Waals surface area contributed by atoms with Gasteiger partial charge in [0.05, 0.1) is 4.91 Å². The summed E-state index contributed by atoms with van der Waals surface area (Å²) in [5.41, 5.74) is 0.830. The number of imide groups is 1. The van der Waals surface area contributed by atoms with Crippen LogP contribution >= 0.6 is 23.4 Å². The second kappa shape index (κ2) is 8.61. The highest BCUT2D eigenvalue weighted by Crippen LogP contribution is 2.32. The van der Waals surface area contributed by atoms with Gasteiger partial charge in [0.1, 0.15) is 11.5 Å². The van der Waals surface area contributed by atoms with Crippen LogP contribution < -0.4 is 4.74 Å². The zero-order valence-electron chi connectivity index (χ0n) is 15.0. The van der Waals surface area contributed by atoms with Gasteiger partial charge in [0, 0.05) is 18.1 Å². The van der Waals surface area contributed by atoms with Crippen molar-refractivity contribution in [3.05, 3.63) is 64.0 Å². The molecule has 27 heavy (non-hydrogen) atoms. The minimum Gasteiger partial charge on any atom is -0.457 e. The van der Waals surface area contributed by atoms with Crippen LogP contribution in [0.25, 0.3) is 6.08 Å². The molecule has 0 aliphatic carbocycles. The van der Waals surface area contributed by atoms with Gasteiger partial charge in [-0.2, -0.15) is 0 Å². The topological polar surface area (TPSA) is 49.9 Å². The first-order valence-electron chi connectivity index (χ1n) is 8.36. The predicted molar refractivity (Wildman–Crippen MR) is 109 cm³/mol. The number of hydrogen-bond donors (Lipinski definition) is 0. The third-order valence-corrected chi connectivity index (χ3v) is 5.03. The molecular formula is C20H19ClN2O3S. The summed E-state index contributed by atoms with van der Waals surface area (Å²) in [6, 6.07) is 14.4. The fourth-order valence-corrected chi connectivity index (χ4v) is 3.41. The maximum atomic E-state index is 12.4. The number of nitrogens with zero attached hydrogens (tertiary/aromatic N) is 2. The normalized spacial score (nSPS) is 15.9. The first-order chi connectivity index (χ1) is 12.9. The van der Waals surface area contributed by atoms with Gasteiger partial charge in [-0.15, -0.1) is 0 Å². The summed E-state index contributed by atoms with van der Waals surface area (Å²) < 4.78 is 5.75. The molecule has 0 unspecified atom stereocenters. The Labute approximate surface area is 167 Å². The van der Waals surface area contributed by atoms with Crippen LogP contribution in [0.1, 0.15) is 5.56 Å². The Morgan fingerprint density at radius 3 is 2.22 bits per heavy atom. The van der Waals surface area contributed by atoms with Crippen LogP contribution in [-0.4, -0.2) is 48.1 Å². The second-order valence-corrected chi connectivity index (χ2v) is 7.69. The van der Waals surface area contributed by atoms with Crippen molar-refractivity contribution >= 4 is 40.6 Å². The fraction of sp³-hybridized carbons (Fsp3) is 0.200. The molecule has 0 atom stereocenters. The molecule has 0 radical (unpaired) electrons. The van der Waals surface area contributed by atoms with E-state index >= 15 is 0 Å². The van der Waals surface area contributed by atoms with Crippen molar-refractivity contribution in [2.45, 2.75) is 0 Å². The van der Waals surface area contributed by atoms with E-state index in [0.717, 1.165) is 17.3 Å². The molecule has 0 saturated carbocycles. The van der Waals surface area contributed by atoms with E-state index < -0.39 is 0 Å². The molecule has 3 rings (SSSR count). The molecule has 1 saturated heterocycles. The van der Waals surface area contributed by atoms with E-state index in [-0.39, 0.29) is 11.1 Å². The standard InChI is InChI=1S/C20H19ClN2O3S/c1-22(2)11-12-23-19(24)18(27-20(23)25)13-14-3-7-16(8-4-14)26-17-9-5-15(21)6-10-17/h3-10,13H,11-12H2,1-2H3/b18-13-. The lowest BCUT2D eigenvalue weighted by Crippen LogP contribution is -2.34.